The van der Waals surface area contributed by atoms with E-state index in [1.807, 2.05) is 0 Å². The first-order valence-electron chi connectivity index (χ1n) is 19.3. The Morgan fingerprint density at radius 3 is 1.12 bits per heavy atom. The maximum absolute atomic E-state index is 2.43. The van der Waals surface area contributed by atoms with E-state index in [9.17, 15) is 0 Å². The summed E-state index contributed by atoms with van der Waals surface area (Å²) >= 11 is 0. The predicted octanol–water partition coefficient (Wildman–Crippen LogP) is 14.5. The zero-order valence-electron chi connectivity index (χ0n) is 30.7. The Labute approximate surface area is 325 Å². The van der Waals surface area contributed by atoms with Crippen LogP contribution in [-0.2, 0) is 0 Å². The standard InChI is InChI=1S/C54H36N2/c1-4-15-37(16-5-1)40-19-14-20-41(31-40)44-33-42(38-17-6-2-7-18-38)32-43(34-44)39-27-29-46(30-28-39)56-52-26-13-11-24-48(52)50-35-49-47-23-10-12-25-51(47)55(53(49)36-54(50)56)45-21-8-3-9-22-45/h1-36H. The molecular weight excluding hydrogens is 677 g/mol. The van der Waals surface area contributed by atoms with Crippen molar-refractivity contribution < 1.29 is 0 Å². The first-order chi connectivity index (χ1) is 27.8. The van der Waals surface area contributed by atoms with Crippen molar-refractivity contribution >= 4 is 43.6 Å². The first kappa shape index (κ1) is 32.0. The summed E-state index contributed by atoms with van der Waals surface area (Å²) < 4.78 is 4.84. The third-order valence-corrected chi connectivity index (χ3v) is 11.3. The van der Waals surface area contributed by atoms with E-state index in [4.69, 9.17) is 0 Å². The highest BCUT2D eigenvalue weighted by molar-refractivity contribution is 6.19. The van der Waals surface area contributed by atoms with Crippen LogP contribution in [0, 0.1) is 0 Å². The molecule has 0 radical (unpaired) electrons. The van der Waals surface area contributed by atoms with Crippen LogP contribution in [0.4, 0.5) is 0 Å². The van der Waals surface area contributed by atoms with Crippen LogP contribution in [0.15, 0.2) is 218 Å². The van der Waals surface area contributed by atoms with Gasteiger partial charge in [0.05, 0.1) is 22.1 Å². The third kappa shape index (κ3) is 5.34. The van der Waals surface area contributed by atoms with Gasteiger partial charge in [0.2, 0.25) is 0 Å². The Hall–Kier alpha value is -7.42. The summed E-state index contributed by atoms with van der Waals surface area (Å²) in [5.74, 6) is 0. The van der Waals surface area contributed by atoms with Crippen molar-refractivity contribution in [3.8, 4) is 55.9 Å². The summed E-state index contributed by atoms with van der Waals surface area (Å²) in [5.41, 5.74) is 16.7. The van der Waals surface area contributed by atoms with Gasteiger partial charge in [0.25, 0.3) is 0 Å². The molecule has 0 atom stereocenters. The van der Waals surface area contributed by atoms with Crippen molar-refractivity contribution in [1.29, 1.82) is 0 Å². The van der Waals surface area contributed by atoms with Gasteiger partial charge in [-0.25, -0.2) is 0 Å². The number of para-hydroxylation sites is 3. The number of benzene rings is 9. The van der Waals surface area contributed by atoms with Gasteiger partial charge in [0.1, 0.15) is 0 Å². The molecule has 9 aromatic carbocycles. The van der Waals surface area contributed by atoms with Crippen LogP contribution >= 0.6 is 0 Å². The SMILES string of the molecule is c1ccc(-c2cccc(-c3cc(-c4ccccc4)cc(-c4ccc(-n5c6ccccc6c6cc7c8ccccc8n(-c8ccccc8)c7cc65)cc4)c3)c2)cc1. The molecular formula is C54H36N2. The second-order valence-corrected chi connectivity index (χ2v) is 14.6. The van der Waals surface area contributed by atoms with E-state index in [1.54, 1.807) is 0 Å². The van der Waals surface area contributed by atoms with E-state index >= 15 is 0 Å². The fraction of sp³-hybridized carbons (Fsp3) is 0. The molecule has 11 aromatic rings. The average Bonchev–Trinajstić information content (AvgIpc) is 3.78. The number of hydrogen-bond acceptors (Lipinski definition) is 0. The van der Waals surface area contributed by atoms with Gasteiger partial charge in [-0.05, 0) is 117 Å². The van der Waals surface area contributed by atoms with Crippen LogP contribution < -0.4 is 0 Å². The van der Waals surface area contributed by atoms with Gasteiger partial charge in [-0.15, -0.1) is 0 Å². The molecule has 0 bridgehead atoms. The van der Waals surface area contributed by atoms with Crippen molar-refractivity contribution in [2.75, 3.05) is 0 Å². The molecule has 0 aliphatic carbocycles. The quantitative estimate of drug-likeness (QED) is 0.162. The summed E-state index contributed by atoms with van der Waals surface area (Å²) in [6.45, 7) is 0. The molecule has 2 nitrogen and oxygen atoms in total. The predicted molar refractivity (Wildman–Crippen MR) is 237 cm³/mol. The normalized spacial score (nSPS) is 11.6. The molecule has 0 aliphatic rings. The average molecular weight is 713 g/mol. The molecule has 0 unspecified atom stereocenters. The maximum atomic E-state index is 2.43. The van der Waals surface area contributed by atoms with Crippen molar-refractivity contribution in [1.82, 2.24) is 9.13 Å². The Bertz CT molecular complexity index is 3210. The Balaban J connectivity index is 1.07. The molecule has 0 saturated carbocycles. The lowest BCUT2D eigenvalue weighted by atomic mass is 9.92. The zero-order valence-corrected chi connectivity index (χ0v) is 30.7. The lowest BCUT2D eigenvalue weighted by molar-refractivity contribution is 1.16. The summed E-state index contributed by atoms with van der Waals surface area (Å²) in [7, 11) is 0. The van der Waals surface area contributed by atoms with Crippen molar-refractivity contribution in [3.05, 3.63) is 218 Å². The van der Waals surface area contributed by atoms with Gasteiger partial charge in [0, 0.05) is 32.9 Å². The van der Waals surface area contributed by atoms with E-state index in [1.165, 1.54) is 88.1 Å². The van der Waals surface area contributed by atoms with Gasteiger partial charge < -0.3 is 9.13 Å². The van der Waals surface area contributed by atoms with Crippen LogP contribution in [0.3, 0.4) is 0 Å². The van der Waals surface area contributed by atoms with Gasteiger partial charge in [-0.1, -0.05) is 146 Å². The molecule has 262 valence electrons. The van der Waals surface area contributed by atoms with E-state index < -0.39 is 0 Å². The minimum atomic E-state index is 1.14. The molecule has 56 heavy (non-hydrogen) atoms. The summed E-state index contributed by atoms with van der Waals surface area (Å²) in [4.78, 5) is 0. The Morgan fingerprint density at radius 1 is 0.196 bits per heavy atom. The minimum absolute atomic E-state index is 1.14. The number of rotatable bonds is 6. The smallest absolute Gasteiger partial charge is 0.0562 e. The highest BCUT2D eigenvalue weighted by Gasteiger charge is 2.18. The second kappa shape index (κ2) is 13.2. The van der Waals surface area contributed by atoms with Crippen molar-refractivity contribution in [2.45, 2.75) is 0 Å². The van der Waals surface area contributed by atoms with Gasteiger partial charge in [-0.2, -0.15) is 0 Å². The number of aromatic nitrogens is 2. The molecule has 0 amide bonds. The van der Waals surface area contributed by atoms with E-state index in [-0.39, 0.29) is 0 Å². The molecule has 11 rings (SSSR count). The van der Waals surface area contributed by atoms with Gasteiger partial charge in [0.15, 0.2) is 0 Å². The third-order valence-electron chi connectivity index (χ3n) is 11.3. The highest BCUT2D eigenvalue weighted by Crippen LogP contribution is 2.40. The fourth-order valence-electron chi connectivity index (χ4n) is 8.63. The number of nitrogens with zero attached hydrogens (tertiary/aromatic N) is 2. The lowest BCUT2D eigenvalue weighted by Gasteiger charge is -2.14. The van der Waals surface area contributed by atoms with E-state index in [0.717, 1.165) is 11.4 Å². The summed E-state index contributed by atoms with van der Waals surface area (Å²) in [6.07, 6.45) is 0. The highest BCUT2D eigenvalue weighted by atomic mass is 15.0. The van der Waals surface area contributed by atoms with Crippen LogP contribution in [0.25, 0.3) is 99.5 Å². The summed E-state index contributed by atoms with van der Waals surface area (Å²) in [6, 6.07) is 79.4. The maximum Gasteiger partial charge on any atom is 0.0562 e. The van der Waals surface area contributed by atoms with Crippen LogP contribution in [-0.4, -0.2) is 9.13 Å². The molecule has 2 heterocycles. The molecule has 0 fully saturated rings. The molecule has 0 saturated heterocycles. The summed E-state index contributed by atoms with van der Waals surface area (Å²) in [5, 5.41) is 5.03. The van der Waals surface area contributed by atoms with Crippen LogP contribution in [0.5, 0.6) is 0 Å². The topological polar surface area (TPSA) is 9.86 Å². The monoisotopic (exact) mass is 712 g/mol. The zero-order chi connectivity index (χ0) is 37.0. The molecule has 0 aliphatic heterocycles. The largest absolute Gasteiger partial charge is 0.309 e. The minimum Gasteiger partial charge on any atom is -0.309 e. The molecule has 0 N–H and O–H groups in total. The van der Waals surface area contributed by atoms with E-state index in [0.29, 0.717) is 0 Å². The fourth-order valence-corrected chi connectivity index (χ4v) is 8.63. The first-order valence-corrected chi connectivity index (χ1v) is 19.3. The van der Waals surface area contributed by atoms with Crippen LogP contribution in [0.1, 0.15) is 0 Å². The van der Waals surface area contributed by atoms with Crippen LogP contribution in [0.2, 0.25) is 0 Å². The van der Waals surface area contributed by atoms with E-state index in [2.05, 4.69) is 228 Å². The van der Waals surface area contributed by atoms with Crippen molar-refractivity contribution in [2.24, 2.45) is 0 Å². The Kier molecular flexibility index (Phi) is 7.53. The van der Waals surface area contributed by atoms with Gasteiger partial charge >= 0.3 is 0 Å². The Morgan fingerprint density at radius 2 is 0.571 bits per heavy atom. The second-order valence-electron chi connectivity index (χ2n) is 14.6. The molecule has 2 heteroatoms. The van der Waals surface area contributed by atoms with Gasteiger partial charge in [-0.3, -0.25) is 0 Å². The molecule has 0 spiro atoms. The van der Waals surface area contributed by atoms with Crippen molar-refractivity contribution in [3.63, 3.8) is 0 Å². The number of hydrogen-bond donors (Lipinski definition) is 0. The lowest BCUT2D eigenvalue weighted by Crippen LogP contribution is -1.96. The number of fused-ring (bicyclic) bond motifs is 6. The molecule has 2 aromatic heterocycles.